The van der Waals surface area contributed by atoms with E-state index in [1.165, 1.54) is 12.8 Å². The van der Waals surface area contributed by atoms with E-state index in [1.54, 1.807) is 4.90 Å². The smallest absolute Gasteiger partial charge is 0.254 e. The first kappa shape index (κ1) is 18.7. The Morgan fingerprint density at radius 2 is 1.70 bits per heavy atom. The maximum absolute atomic E-state index is 12.8. The molecular formula is C21H31N2O4+. The van der Waals surface area contributed by atoms with E-state index in [4.69, 9.17) is 14.2 Å². The second-order valence-corrected chi connectivity index (χ2v) is 7.85. The van der Waals surface area contributed by atoms with Crippen LogP contribution in [0.2, 0.25) is 0 Å². The van der Waals surface area contributed by atoms with Crippen molar-refractivity contribution in [1.82, 2.24) is 4.90 Å². The lowest BCUT2D eigenvalue weighted by molar-refractivity contribution is -0.906. The summed E-state index contributed by atoms with van der Waals surface area (Å²) in [7, 11) is 0. The summed E-state index contributed by atoms with van der Waals surface area (Å²) in [6.07, 6.45) is 5.19. The van der Waals surface area contributed by atoms with Crippen LogP contribution in [0.1, 0.15) is 36.0 Å². The highest BCUT2D eigenvalue weighted by atomic mass is 16.5. The van der Waals surface area contributed by atoms with E-state index >= 15 is 0 Å². The SMILES string of the molecule is O=C(c1ccc(OC[C@H]2CCCO2)cc1)N1CC[NH+](C[C@H]2CCCO2)CC1. The minimum atomic E-state index is 0.122. The van der Waals surface area contributed by atoms with Crippen molar-refractivity contribution < 1.29 is 23.9 Å². The Morgan fingerprint density at radius 3 is 2.33 bits per heavy atom. The fraction of sp³-hybridized carbons (Fsp3) is 0.667. The largest absolute Gasteiger partial charge is 0.491 e. The average Bonchev–Trinajstić information content (AvgIpc) is 3.41. The van der Waals surface area contributed by atoms with Gasteiger partial charge in [0.1, 0.15) is 25.0 Å². The van der Waals surface area contributed by atoms with Crippen LogP contribution >= 0.6 is 0 Å². The lowest BCUT2D eigenvalue weighted by Crippen LogP contribution is -3.15. The van der Waals surface area contributed by atoms with E-state index in [9.17, 15) is 4.79 Å². The van der Waals surface area contributed by atoms with Crippen molar-refractivity contribution in [3.8, 4) is 5.75 Å². The molecule has 3 saturated heterocycles. The monoisotopic (exact) mass is 375 g/mol. The van der Waals surface area contributed by atoms with Gasteiger partial charge < -0.3 is 24.0 Å². The third-order valence-electron chi connectivity index (χ3n) is 5.86. The van der Waals surface area contributed by atoms with E-state index in [2.05, 4.69) is 0 Å². The Labute approximate surface area is 161 Å². The third kappa shape index (κ3) is 5.00. The van der Waals surface area contributed by atoms with Crippen LogP contribution in [0.5, 0.6) is 5.75 Å². The molecule has 1 N–H and O–H groups in total. The van der Waals surface area contributed by atoms with Crippen LogP contribution in [0.4, 0.5) is 0 Å². The zero-order valence-electron chi connectivity index (χ0n) is 16.0. The molecule has 3 aliphatic heterocycles. The number of carbonyl (C=O) groups excluding carboxylic acids is 1. The normalized spacial score (nSPS) is 26.4. The number of rotatable bonds is 6. The molecule has 0 aliphatic carbocycles. The van der Waals surface area contributed by atoms with Gasteiger partial charge >= 0.3 is 0 Å². The van der Waals surface area contributed by atoms with Gasteiger partial charge in [0.25, 0.3) is 5.91 Å². The molecule has 3 fully saturated rings. The number of nitrogens with zero attached hydrogens (tertiary/aromatic N) is 1. The fourth-order valence-electron chi connectivity index (χ4n) is 4.20. The van der Waals surface area contributed by atoms with Gasteiger partial charge in [-0.1, -0.05) is 0 Å². The molecule has 0 bridgehead atoms. The Bertz CT molecular complexity index is 601. The molecule has 2 atom stereocenters. The molecule has 0 aromatic heterocycles. The minimum Gasteiger partial charge on any atom is -0.491 e. The molecule has 148 valence electrons. The van der Waals surface area contributed by atoms with Crippen molar-refractivity contribution in [1.29, 1.82) is 0 Å². The summed E-state index contributed by atoms with van der Waals surface area (Å²) in [6, 6.07) is 7.53. The molecule has 1 amide bonds. The van der Waals surface area contributed by atoms with E-state index in [-0.39, 0.29) is 12.0 Å². The van der Waals surface area contributed by atoms with Gasteiger partial charge in [-0.05, 0) is 49.9 Å². The summed E-state index contributed by atoms with van der Waals surface area (Å²) in [5.74, 6) is 0.921. The zero-order chi connectivity index (χ0) is 18.5. The molecule has 3 aliphatic rings. The van der Waals surface area contributed by atoms with Crippen molar-refractivity contribution in [3.05, 3.63) is 29.8 Å². The number of hydrogen-bond acceptors (Lipinski definition) is 4. The predicted octanol–water partition coefficient (Wildman–Crippen LogP) is 0.764. The quantitative estimate of drug-likeness (QED) is 0.798. The topological polar surface area (TPSA) is 52.4 Å². The van der Waals surface area contributed by atoms with Crippen LogP contribution in [-0.4, -0.2) is 75.6 Å². The Balaban J connectivity index is 1.23. The lowest BCUT2D eigenvalue weighted by Gasteiger charge is -2.33. The van der Waals surface area contributed by atoms with Crippen LogP contribution in [0.25, 0.3) is 0 Å². The van der Waals surface area contributed by atoms with E-state index in [0.29, 0.717) is 12.7 Å². The molecule has 3 heterocycles. The number of benzene rings is 1. The number of amides is 1. The first-order valence-electron chi connectivity index (χ1n) is 10.4. The highest BCUT2D eigenvalue weighted by molar-refractivity contribution is 5.94. The van der Waals surface area contributed by atoms with Crippen LogP contribution in [0, 0.1) is 0 Å². The zero-order valence-corrected chi connectivity index (χ0v) is 16.0. The Morgan fingerprint density at radius 1 is 1.04 bits per heavy atom. The number of hydrogen-bond donors (Lipinski definition) is 1. The second-order valence-electron chi connectivity index (χ2n) is 7.85. The molecular weight excluding hydrogens is 344 g/mol. The van der Waals surface area contributed by atoms with Crippen LogP contribution in [0.15, 0.2) is 24.3 Å². The highest BCUT2D eigenvalue weighted by Crippen LogP contribution is 2.17. The Kier molecular flexibility index (Phi) is 6.27. The Hall–Kier alpha value is -1.63. The molecule has 6 nitrogen and oxygen atoms in total. The van der Waals surface area contributed by atoms with Gasteiger partial charge in [-0.3, -0.25) is 4.79 Å². The average molecular weight is 375 g/mol. The summed E-state index contributed by atoms with van der Waals surface area (Å²) >= 11 is 0. The molecule has 0 radical (unpaired) electrons. The number of quaternary nitrogens is 1. The van der Waals surface area contributed by atoms with Crippen molar-refractivity contribution >= 4 is 5.91 Å². The van der Waals surface area contributed by atoms with Gasteiger partial charge in [0, 0.05) is 18.8 Å². The van der Waals surface area contributed by atoms with E-state index in [0.717, 1.165) is 70.1 Å². The van der Waals surface area contributed by atoms with Crippen LogP contribution in [0.3, 0.4) is 0 Å². The summed E-state index contributed by atoms with van der Waals surface area (Å²) in [5.41, 5.74) is 0.738. The van der Waals surface area contributed by atoms with Gasteiger partial charge in [-0.15, -0.1) is 0 Å². The van der Waals surface area contributed by atoms with Crippen LogP contribution < -0.4 is 9.64 Å². The highest BCUT2D eigenvalue weighted by Gasteiger charge is 2.28. The van der Waals surface area contributed by atoms with Crippen molar-refractivity contribution in [3.63, 3.8) is 0 Å². The molecule has 4 rings (SSSR count). The number of ether oxygens (including phenoxy) is 3. The van der Waals surface area contributed by atoms with Gasteiger partial charge in [0.15, 0.2) is 0 Å². The van der Waals surface area contributed by atoms with E-state index in [1.807, 2.05) is 29.2 Å². The van der Waals surface area contributed by atoms with Crippen molar-refractivity contribution in [2.75, 3.05) is 52.5 Å². The standard InChI is InChI=1S/C21H30N2O4/c24-21(23-11-9-22(10-12-23)15-19-3-1-13-25-19)17-5-7-18(8-6-17)27-16-20-4-2-14-26-20/h5-8,19-20H,1-4,9-16H2/p+1/t19-,20-/m1/s1. The van der Waals surface area contributed by atoms with Crippen LogP contribution in [-0.2, 0) is 9.47 Å². The van der Waals surface area contributed by atoms with Gasteiger partial charge in [-0.25, -0.2) is 0 Å². The second kappa shape index (κ2) is 9.04. The molecule has 0 unspecified atom stereocenters. The fourth-order valence-corrected chi connectivity index (χ4v) is 4.20. The number of carbonyl (C=O) groups is 1. The third-order valence-corrected chi connectivity index (χ3v) is 5.86. The van der Waals surface area contributed by atoms with E-state index < -0.39 is 0 Å². The minimum absolute atomic E-state index is 0.122. The summed E-state index contributed by atoms with van der Waals surface area (Å²) in [4.78, 5) is 16.3. The first-order valence-corrected chi connectivity index (χ1v) is 10.4. The molecule has 6 heteroatoms. The summed E-state index contributed by atoms with van der Waals surface area (Å²) < 4.78 is 17.1. The number of piperazine rings is 1. The van der Waals surface area contributed by atoms with Crippen molar-refractivity contribution in [2.24, 2.45) is 0 Å². The molecule has 0 saturated carbocycles. The molecule has 0 spiro atoms. The maximum Gasteiger partial charge on any atom is 0.254 e. The summed E-state index contributed by atoms with van der Waals surface area (Å²) in [6.45, 7) is 7.07. The predicted molar refractivity (Wildman–Crippen MR) is 101 cm³/mol. The number of nitrogens with one attached hydrogen (secondary N) is 1. The van der Waals surface area contributed by atoms with Gasteiger partial charge in [0.05, 0.1) is 32.3 Å². The van der Waals surface area contributed by atoms with Gasteiger partial charge in [0.2, 0.25) is 0 Å². The van der Waals surface area contributed by atoms with Gasteiger partial charge in [-0.2, -0.15) is 0 Å². The summed E-state index contributed by atoms with van der Waals surface area (Å²) in [5, 5.41) is 0. The first-order chi connectivity index (χ1) is 13.3. The maximum atomic E-state index is 12.8. The molecule has 1 aromatic rings. The molecule has 1 aromatic carbocycles. The lowest BCUT2D eigenvalue weighted by atomic mass is 10.1. The van der Waals surface area contributed by atoms with Crippen molar-refractivity contribution in [2.45, 2.75) is 37.9 Å². The molecule has 27 heavy (non-hydrogen) atoms.